The predicted molar refractivity (Wildman–Crippen MR) is 255 cm³/mol. The Morgan fingerprint density at radius 2 is 1.18 bits per heavy atom. The number of nitrogens with one attached hydrogen (secondary N) is 3. The normalized spacial score (nSPS) is 14.5. The monoisotopic (exact) mass is 805 g/mol. The second kappa shape index (κ2) is 16.4. The van der Waals surface area contributed by atoms with E-state index < -0.39 is 0 Å². The van der Waals surface area contributed by atoms with Gasteiger partial charge < -0.3 is 14.9 Å². The highest BCUT2D eigenvalue weighted by molar-refractivity contribution is 7.80. The number of aromatic nitrogens is 2. The van der Waals surface area contributed by atoms with Crippen molar-refractivity contribution in [3.63, 3.8) is 0 Å². The number of aryl methyl sites for hydroxylation is 1. The molecule has 3 N–H and O–H groups in total. The minimum Gasteiger partial charge on any atom is -0.354 e. The van der Waals surface area contributed by atoms with Gasteiger partial charge in [0, 0.05) is 44.9 Å². The van der Waals surface area contributed by atoms with E-state index in [1.165, 1.54) is 0 Å². The van der Waals surface area contributed by atoms with Crippen LogP contribution in [0.2, 0.25) is 0 Å². The Bertz CT molecular complexity index is 3180. The van der Waals surface area contributed by atoms with Crippen LogP contribution in [0.5, 0.6) is 0 Å². The molecule has 0 spiro atoms. The van der Waals surface area contributed by atoms with Gasteiger partial charge in [-0.1, -0.05) is 127 Å². The Kier molecular flexibility index (Phi) is 10.0. The maximum absolute atomic E-state index is 5.50. The van der Waals surface area contributed by atoms with Crippen molar-refractivity contribution in [1.82, 2.24) is 15.0 Å². The van der Waals surface area contributed by atoms with Crippen molar-refractivity contribution in [1.29, 1.82) is 0 Å². The van der Waals surface area contributed by atoms with Gasteiger partial charge in [-0.25, -0.2) is 9.98 Å². The number of rotatable bonds is 7. The number of allylic oxidation sites excluding steroid dienone is 4. The second-order valence-electron chi connectivity index (χ2n) is 14.9. The summed E-state index contributed by atoms with van der Waals surface area (Å²) in [5.41, 5.74) is 18.5. The summed E-state index contributed by atoms with van der Waals surface area (Å²) in [6.45, 7) is 2.05. The summed E-state index contributed by atoms with van der Waals surface area (Å²) in [5.74, 6) is 0. The first-order valence-corrected chi connectivity index (χ1v) is 20.5. The highest BCUT2D eigenvalue weighted by atomic mass is 32.1. The molecule has 5 aromatic carbocycles. The lowest BCUT2D eigenvalue weighted by atomic mass is 9.98. The molecule has 10 rings (SSSR count). The Hall–Kier alpha value is -7.94. The Labute approximate surface area is 359 Å². The highest BCUT2D eigenvalue weighted by Gasteiger charge is 2.24. The molecule has 0 saturated heterocycles. The van der Waals surface area contributed by atoms with Crippen LogP contribution in [0.3, 0.4) is 0 Å². The van der Waals surface area contributed by atoms with Crippen LogP contribution >= 0.6 is 12.2 Å². The molecule has 0 unspecified atom stereocenters. The summed E-state index contributed by atoms with van der Waals surface area (Å²) in [7, 11) is 0. The van der Waals surface area contributed by atoms with Gasteiger partial charge in [-0.2, -0.15) is 5.10 Å². The van der Waals surface area contributed by atoms with Crippen molar-refractivity contribution in [2.45, 2.75) is 6.92 Å². The van der Waals surface area contributed by atoms with E-state index in [2.05, 4.69) is 177 Å². The minimum absolute atomic E-state index is 0.414. The highest BCUT2D eigenvalue weighted by Crippen LogP contribution is 2.37. The molecular formula is C53H39N7S. The van der Waals surface area contributed by atoms with Crippen LogP contribution in [0.15, 0.2) is 221 Å². The van der Waals surface area contributed by atoms with Gasteiger partial charge >= 0.3 is 0 Å². The number of thiocarbonyl (C=S) groups is 1. The molecule has 0 atom stereocenters. The number of aromatic amines is 1. The molecule has 61 heavy (non-hydrogen) atoms. The molecule has 3 aliphatic rings. The topological polar surface area (TPSA) is 81.9 Å². The number of benzene rings is 5. The molecule has 7 nitrogen and oxygen atoms in total. The lowest BCUT2D eigenvalue weighted by Gasteiger charge is -2.19. The van der Waals surface area contributed by atoms with E-state index in [1.54, 1.807) is 6.21 Å². The quantitative estimate of drug-likeness (QED) is 0.0854. The number of hydrazone groups is 1. The SMILES string of the molecule is Cc1cccc(NC(=S)N/N=C/c2ccc(C3=C4C=CC(=N4)C(c4ccccc4)=c4ccc([nH]4)=C(c4ccccc4)C4=NC(=C(c5ccccc5)n5cccc53)C=C4)cc2)c1. The van der Waals surface area contributed by atoms with Crippen molar-refractivity contribution >= 4 is 63.1 Å². The molecule has 3 aliphatic heterocycles. The Morgan fingerprint density at radius 1 is 0.590 bits per heavy atom. The average molecular weight is 806 g/mol. The van der Waals surface area contributed by atoms with Crippen molar-refractivity contribution in [3.05, 3.63) is 255 Å². The molecular weight excluding hydrogens is 767 g/mol. The summed E-state index contributed by atoms with van der Waals surface area (Å²) >= 11 is 5.50. The zero-order valence-electron chi connectivity index (χ0n) is 33.2. The summed E-state index contributed by atoms with van der Waals surface area (Å²) < 4.78 is 2.25. The molecule has 0 amide bonds. The fourth-order valence-electron chi connectivity index (χ4n) is 8.05. The number of anilines is 1. The van der Waals surface area contributed by atoms with Crippen molar-refractivity contribution < 1.29 is 0 Å². The first kappa shape index (κ1) is 37.3. The number of hydrogen-bond acceptors (Lipinski definition) is 4. The van der Waals surface area contributed by atoms with Gasteiger partial charge in [-0.05, 0) is 108 Å². The van der Waals surface area contributed by atoms with E-state index in [4.69, 9.17) is 22.2 Å². The molecule has 0 aliphatic carbocycles. The van der Waals surface area contributed by atoms with Crippen molar-refractivity contribution in [2.24, 2.45) is 15.1 Å². The summed E-state index contributed by atoms with van der Waals surface area (Å²) in [6, 6.07) is 56.4. The van der Waals surface area contributed by atoms with E-state index in [0.717, 1.165) is 101 Å². The molecule has 292 valence electrons. The molecule has 7 aromatic rings. The largest absolute Gasteiger partial charge is 0.354 e. The standard InChI is InChI=1S/C53H39N7S/c1-35-13-11-20-41(33-35)55-53(61)59-54-34-36-22-24-39(25-23-36)51-46-29-28-44(57-46)49(37-14-5-2-6-15-37)42-26-27-43(56-42)50(38-16-7-3-8-17-38)45-30-31-47(58-45)52(40-18-9-4-10-19-40)60-32-12-21-48(51)60/h2-34,56H,1H3,(H2,55,59,61)/b49-42?,50-43?,51-46?,52-47?,54-34+. The van der Waals surface area contributed by atoms with Crippen LogP contribution in [0.4, 0.5) is 5.69 Å². The van der Waals surface area contributed by atoms with Crippen LogP contribution in [0.25, 0.3) is 22.4 Å². The molecule has 0 fully saturated rings. The molecule has 0 saturated carbocycles. The van der Waals surface area contributed by atoms with Crippen LogP contribution in [0, 0.1) is 6.92 Å². The van der Waals surface area contributed by atoms with E-state index in [1.807, 2.05) is 49.4 Å². The predicted octanol–water partition coefficient (Wildman–Crippen LogP) is 9.55. The van der Waals surface area contributed by atoms with Crippen molar-refractivity contribution in [3.8, 4) is 0 Å². The molecule has 0 radical (unpaired) electrons. The second-order valence-corrected chi connectivity index (χ2v) is 15.3. The first-order chi connectivity index (χ1) is 30.1. The van der Waals surface area contributed by atoms with Crippen LogP contribution < -0.4 is 21.4 Å². The third-order valence-corrected chi connectivity index (χ3v) is 11.0. The van der Waals surface area contributed by atoms with Crippen molar-refractivity contribution in [2.75, 3.05) is 5.32 Å². The van der Waals surface area contributed by atoms with E-state index in [0.29, 0.717) is 5.11 Å². The first-order valence-electron chi connectivity index (χ1n) is 20.1. The Balaban J connectivity index is 1.15. The summed E-state index contributed by atoms with van der Waals surface area (Å²) in [4.78, 5) is 14.7. The summed E-state index contributed by atoms with van der Waals surface area (Å²) in [5, 5.41) is 9.98. The zero-order valence-corrected chi connectivity index (χ0v) is 34.1. The number of fused-ring (bicyclic) bond motifs is 5. The maximum Gasteiger partial charge on any atom is 0.191 e. The number of hydrogen-bond donors (Lipinski definition) is 3. The van der Waals surface area contributed by atoms with Gasteiger partial charge in [0.15, 0.2) is 5.11 Å². The zero-order chi connectivity index (χ0) is 41.1. The van der Waals surface area contributed by atoms with Gasteiger partial charge in [-0.15, -0.1) is 0 Å². The van der Waals surface area contributed by atoms with Gasteiger partial charge in [0.25, 0.3) is 0 Å². The number of nitrogens with zero attached hydrogens (tertiary/aromatic N) is 4. The summed E-state index contributed by atoms with van der Waals surface area (Å²) in [6.07, 6.45) is 12.4. The fourth-order valence-corrected chi connectivity index (χ4v) is 8.22. The fraction of sp³-hybridized carbons (Fsp3) is 0.0189. The average Bonchev–Trinajstić information content (AvgIpc) is 4.14. The van der Waals surface area contributed by atoms with Crippen LogP contribution in [-0.2, 0) is 0 Å². The van der Waals surface area contributed by atoms with Gasteiger partial charge in [-0.3, -0.25) is 5.43 Å². The number of aliphatic imine (C=N–C) groups is 2. The maximum atomic E-state index is 5.50. The van der Waals surface area contributed by atoms with Crippen LogP contribution in [0.1, 0.15) is 39.1 Å². The van der Waals surface area contributed by atoms with Gasteiger partial charge in [0.1, 0.15) is 0 Å². The number of H-pyrrole nitrogens is 1. The van der Waals surface area contributed by atoms with Gasteiger partial charge in [0.05, 0.1) is 40.4 Å². The lowest BCUT2D eigenvalue weighted by Crippen LogP contribution is -2.23. The third-order valence-electron chi connectivity index (χ3n) is 10.8. The third kappa shape index (κ3) is 7.60. The molecule has 6 bridgehead atoms. The van der Waals surface area contributed by atoms with E-state index in [9.17, 15) is 0 Å². The minimum atomic E-state index is 0.414. The molecule has 5 heterocycles. The Morgan fingerprint density at radius 3 is 1.82 bits per heavy atom. The molecule has 2 aromatic heterocycles. The smallest absolute Gasteiger partial charge is 0.191 e. The van der Waals surface area contributed by atoms with Gasteiger partial charge in [0.2, 0.25) is 0 Å². The lowest BCUT2D eigenvalue weighted by molar-refractivity contribution is 1.05. The molecule has 8 heteroatoms. The van der Waals surface area contributed by atoms with E-state index in [-0.39, 0.29) is 0 Å². The van der Waals surface area contributed by atoms with E-state index >= 15 is 0 Å². The van der Waals surface area contributed by atoms with Crippen LogP contribution in [-0.4, -0.2) is 32.3 Å².